The summed E-state index contributed by atoms with van der Waals surface area (Å²) in [4.78, 5) is 45.0. The molecule has 3 unspecified atom stereocenters. The number of amides is 3. The van der Waals surface area contributed by atoms with Gasteiger partial charge in [0.1, 0.15) is 18.6 Å². The largest absolute Gasteiger partial charge is 0.480 e. The van der Waals surface area contributed by atoms with Crippen LogP contribution in [0.3, 0.4) is 0 Å². The number of aliphatic hydroxyl groups is 2. The summed E-state index contributed by atoms with van der Waals surface area (Å²) in [5.41, 5.74) is 5.08. The van der Waals surface area contributed by atoms with Crippen LogP contribution in [0.2, 0.25) is 0 Å². The number of hydrogen-bond acceptors (Lipinski definition) is 7. The summed E-state index contributed by atoms with van der Waals surface area (Å²) in [7, 11) is 0. The molecule has 126 valence electrons. The highest BCUT2D eigenvalue weighted by atomic mass is 16.4. The van der Waals surface area contributed by atoms with Gasteiger partial charge in [-0.15, -0.1) is 0 Å². The number of carbonyl (C=O) groups excluding carboxylic acids is 3. The van der Waals surface area contributed by atoms with Crippen LogP contribution in [0.1, 0.15) is 6.92 Å². The van der Waals surface area contributed by atoms with Crippen LogP contribution in [-0.2, 0) is 19.2 Å². The van der Waals surface area contributed by atoms with Crippen molar-refractivity contribution in [3.63, 3.8) is 0 Å². The van der Waals surface area contributed by atoms with E-state index >= 15 is 0 Å². The van der Waals surface area contributed by atoms with Crippen LogP contribution < -0.4 is 21.7 Å². The molecule has 0 aliphatic heterocycles. The standard InChI is InChI=1S/C11H20N4O7/c1-5(17)9(15-7(18)2-12)11(22)14-6(4-16)10(21)13-3-8(19)20/h5-6,9,16-17H,2-4,12H2,1H3,(H,13,21)(H,14,22)(H,15,18)(H,19,20). The molecule has 22 heavy (non-hydrogen) atoms. The van der Waals surface area contributed by atoms with Crippen molar-refractivity contribution in [1.82, 2.24) is 16.0 Å². The maximum atomic E-state index is 11.9. The van der Waals surface area contributed by atoms with Crippen LogP contribution in [-0.4, -0.2) is 76.9 Å². The van der Waals surface area contributed by atoms with Crippen molar-refractivity contribution in [2.75, 3.05) is 19.7 Å². The van der Waals surface area contributed by atoms with E-state index in [0.29, 0.717) is 0 Å². The van der Waals surface area contributed by atoms with Crippen molar-refractivity contribution in [1.29, 1.82) is 0 Å². The molecule has 0 spiro atoms. The van der Waals surface area contributed by atoms with Crippen LogP contribution in [0.5, 0.6) is 0 Å². The summed E-state index contributed by atoms with van der Waals surface area (Å²) in [6.45, 7) is -0.651. The molecule has 0 heterocycles. The zero-order chi connectivity index (χ0) is 17.3. The summed E-state index contributed by atoms with van der Waals surface area (Å²) in [6, 6.07) is -2.81. The zero-order valence-corrected chi connectivity index (χ0v) is 11.9. The number of aliphatic hydroxyl groups excluding tert-OH is 2. The molecular formula is C11H20N4O7. The lowest BCUT2D eigenvalue weighted by molar-refractivity contribution is -0.139. The van der Waals surface area contributed by atoms with Crippen LogP contribution in [0.15, 0.2) is 0 Å². The Balaban J connectivity index is 4.75. The normalized spacial score (nSPS) is 14.4. The van der Waals surface area contributed by atoms with Crippen molar-refractivity contribution in [2.24, 2.45) is 5.73 Å². The molecule has 0 aromatic heterocycles. The molecule has 0 fully saturated rings. The van der Waals surface area contributed by atoms with Crippen molar-refractivity contribution in [3.8, 4) is 0 Å². The lowest BCUT2D eigenvalue weighted by atomic mass is 10.1. The summed E-state index contributed by atoms with van der Waals surface area (Å²) < 4.78 is 0. The van der Waals surface area contributed by atoms with E-state index in [1.807, 2.05) is 5.32 Å². The highest BCUT2D eigenvalue weighted by Crippen LogP contribution is 1.95. The van der Waals surface area contributed by atoms with Gasteiger partial charge in [0.15, 0.2) is 0 Å². The van der Waals surface area contributed by atoms with Gasteiger partial charge in [0.25, 0.3) is 0 Å². The lowest BCUT2D eigenvalue weighted by Crippen LogP contribution is -2.58. The minimum atomic E-state index is -1.43. The fourth-order valence-electron chi connectivity index (χ4n) is 1.38. The Labute approximate surface area is 125 Å². The van der Waals surface area contributed by atoms with E-state index < -0.39 is 61.6 Å². The Morgan fingerprint density at radius 1 is 1.14 bits per heavy atom. The Bertz CT molecular complexity index is 427. The van der Waals surface area contributed by atoms with Crippen molar-refractivity contribution in [3.05, 3.63) is 0 Å². The topological polar surface area (TPSA) is 191 Å². The number of carboxylic acid groups (broad SMARTS) is 1. The number of nitrogens with one attached hydrogen (secondary N) is 3. The molecule has 3 atom stereocenters. The molecule has 0 saturated carbocycles. The SMILES string of the molecule is CC(O)C(NC(=O)CN)C(=O)NC(CO)C(=O)NCC(=O)O. The van der Waals surface area contributed by atoms with E-state index in [4.69, 9.17) is 15.9 Å². The van der Waals surface area contributed by atoms with E-state index in [9.17, 15) is 24.3 Å². The second-order valence-corrected chi connectivity index (χ2v) is 4.35. The molecule has 0 bridgehead atoms. The van der Waals surface area contributed by atoms with Gasteiger partial charge in [-0.2, -0.15) is 0 Å². The first-order valence-electron chi connectivity index (χ1n) is 6.31. The molecule has 0 aliphatic rings. The van der Waals surface area contributed by atoms with Crippen LogP contribution in [0, 0.1) is 0 Å². The number of carbonyl (C=O) groups is 4. The fourth-order valence-corrected chi connectivity index (χ4v) is 1.38. The van der Waals surface area contributed by atoms with E-state index in [1.54, 1.807) is 0 Å². The second-order valence-electron chi connectivity index (χ2n) is 4.35. The van der Waals surface area contributed by atoms with Gasteiger partial charge >= 0.3 is 5.97 Å². The smallest absolute Gasteiger partial charge is 0.322 e. The monoisotopic (exact) mass is 320 g/mol. The molecule has 0 aromatic carbocycles. The third-order valence-electron chi connectivity index (χ3n) is 2.50. The molecule has 11 heteroatoms. The maximum Gasteiger partial charge on any atom is 0.322 e. The van der Waals surface area contributed by atoms with Crippen LogP contribution >= 0.6 is 0 Å². The third kappa shape index (κ3) is 6.97. The first-order valence-corrected chi connectivity index (χ1v) is 6.31. The van der Waals surface area contributed by atoms with Crippen molar-refractivity contribution < 1.29 is 34.5 Å². The van der Waals surface area contributed by atoms with Gasteiger partial charge in [0.2, 0.25) is 17.7 Å². The van der Waals surface area contributed by atoms with Crippen molar-refractivity contribution in [2.45, 2.75) is 25.1 Å². The number of hydrogen-bond donors (Lipinski definition) is 7. The zero-order valence-electron chi connectivity index (χ0n) is 11.9. The van der Waals surface area contributed by atoms with Gasteiger partial charge in [-0.1, -0.05) is 0 Å². The van der Waals surface area contributed by atoms with Gasteiger partial charge in [-0.3, -0.25) is 19.2 Å². The van der Waals surface area contributed by atoms with Gasteiger partial charge < -0.3 is 37.0 Å². The highest BCUT2D eigenvalue weighted by Gasteiger charge is 2.29. The number of aliphatic carboxylic acids is 1. The summed E-state index contributed by atoms with van der Waals surface area (Å²) >= 11 is 0. The fraction of sp³-hybridized carbons (Fsp3) is 0.636. The average Bonchev–Trinajstić information content (AvgIpc) is 2.46. The summed E-state index contributed by atoms with van der Waals surface area (Å²) in [5.74, 6) is -3.85. The second kappa shape index (κ2) is 9.65. The summed E-state index contributed by atoms with van der Waals surface area (Å²) in [6.07, 6.45) is -1.28. The molecule has 0 aliphatic carbocycles. The number of nitrogens with two attached hydrogens (primary N) is 1. The van der Waals surface area contributed by atoms with Crippen molar-refractivity contribution >= 4 is 23.7 Å². The summed E-state index contributed by atoms with van der Waals surface area (Å²) in [5, 5.41) is 33.2. The Morgan fingerprint density at radius 2 is 1.73 bits per heavy atom. The lowest BCUT2D eigenvalue weighted by Gasteiger charge is -2.23. The molecule has 0 radical (unpaired) electrons. The van der Waals surface area contributed by atoms with Gasteiger partial charge in [-0.05, 0) is 6.92 Å². The van der Waals surface area contributed by atoms with E-state index in [2.05, 4.69) is 10.6 Å². The molecule has 0 saturated heterocycles. The first-order chi connectivity index (χ1) is 10.2. The predicted octanol–water partition coefficient (Wildman–Crippen LogP) is -4.51. The third-order valence-corrected chi connectivity index (χ3v) is 2.50. The van der Waals surface area contributed by atoms with Gasteiger partial charge in [0, 0.05) is 0 Å². The Hall–Kier alpha value is -2.24. The molecule has 0 rings (SSSR count). The maximum absolute atomic E-state index is 11.9. The minimum absolute atomic E-state index is 0.404. The average molecular weight is 320 g/mol. The van der Waals surface area contributed by atoms with Gasteiger partial charge in [-0.25, -0.2) is 0 Å². The first kappa shape index (κ1) is 19.8. The van der Waals surface area contributed by atoms with Crippen LogP contribution in [0.4, 0.5) is 0 Å². The van der Waals surface area contributed by atoms with E-state index in [-0.39, 0.29) is 0 Å². The molecule has 0 aromatic rings. The minimum Gasteiger partial charge on any atom is -0.480 e. The van der Waals surface area contributed by atoms with Crippen LogP contribution in [0.25, 0.3) is 0 Å². The highest BCUT2D eigenvalue weighted by molar-refractivity contribution is 5.93. The molecular weight excluding hydrogens is 300 g/mol. The Morgan fingerprint density at radius 3 is 2.14 bits per heavy atom. The van der Waals surface area contributed by atoms with E-state index in [0.717, 1.165) is 0 Å². The van der Waals surface area contributed by atoms with E-state index in [1.165, 1.54) is 6.92 Å². The molecule has 8 N–H and O–H groups in total. The molecule has 11 nitrogen and oxygen atoms in total. The molecule has 3 amide bonds. The predicted molar refractivity (Wildman–Crippen MR) is 72.3 cm³/mol. The quantitative estimate of drug-likeness (QED) is 0.221. The number of rotatable bonds is 9. The van der Waals surface area contributed by atoms with Gasteiger partial charge in [0.05, 0.1) is 19.3 Å². The number of carboxylic acids is 1. The Kier molecular flexibility index (Phi) is 8.67.